The first kappa shape index (κ1) is 13.0. The SMILES string of the molecule is C[C@@H]1C[C@@H](C(=O)O)C[C@@]1(C(=O)O)S(C)(=O)=O. The molecule has 0 saturated heterocycles. The highest BCUT2D eigenvalue weighted by Crippen LogP contribution is 2.45. The summed E-state index contributed by atoms with van der Waals surface area (Å²) in [4.78, 5) is 22.0. The second-order valence-corrected chi connectivity index (χ2v) is 6.62. The van der Waals surface area contributed by atoms with Crippen molar-refractivity contribution in [3.8, 4) is 0 Å². The summed E-state index contributed by atoms with van der Waals surface area (Å²) in [6.45, 7) is 1.47. The lowest BCUT2D eigenvalue weighted by Crippen LogP contribution is -2.48. The fourth-order valence-electron chi connectivity index (χ4n) is 2.43. The lowest BCUT2D eigenvalue weighted by atomic mass is 9.97. The van der Waals surface area contributed by atoms with Gasteiger partial charge in [-0.3, -0.25) is 9.59 Å². The van der Waals surface area contributed by atoms with Crippen LogP contribution in [0.3, 0.4) is 0 Å². The Morgan fingerprint density at radius 2 is 1.81 bits per heavy atom. The van der Waals surface area contributed by atoms with Gasteiger partial charge in [-0.25, -0.2) is 8.42 Å². The summed E-state index contributed by atoms with van der Waals surface area (Å²) in [6.07, 6.45) is 0.578. The first-order valence-corrected chi connectivity index (χ1v) is 6.68. The quantitative estimate of drug-likeness (QED) is 0.729. The smallest absolute Gasteiger partial charge is 0.325 e. The summed E-state index contributed by atoms with van der Waals surface area (Å²) in [5, 5.41) is 17.9. The van der Waals surface area contributed by atoms with Gasteiger partial charge in [-0.2, -0.15) is 0 Å². The van der Waals surface area contributed by atoms with E-state index in [-0.39, 0.29) is 12.8 Å². The monoisotopic (exact) mass is 250 g/mol. The summed E-state index contributed by atoms with van der Waals surface area (Å²) >= 11 is 0. The van der Waals surface area contributed by atoms with Gasteiger partial charge >= 0.3 is 11.9 Å². The Bertz CT molecular complexity index is 425. The molecule has 1 aliphatic rings. The molecular formula is C9H14O6S. The number of carbonyl (C=O) groups is 2. The van der Waals surface area contributed by atoms with Crippen molar-refractivity contribution in [2.45, 2.75) is 24.5 Å². The third kappa shape index (κ3) is 1.68. The van der Waals surface area contributed by atoms with Crippen LogP contribution in [0, 0.1) is 11.8 Å². The van der Waals surface area contributed by atoms with Gasteiger partial charge in [0.05, 0.1) is 5.92 Å². The van der Waals surface area contributed by atoms with Crippen LogP contribution in [0.1, 0.15) is 19.8 Å². The van der Waals surface area contributed by atoms with E-state index in [0.717, 1.165) is 6.26 Å². The largest absolute Gasteiger partial charge is 0.481 e. The van der Waals surface area contributed by atoms with Crippen LogP contribution >= 0.6 is 0 Å². The van der Waals surface area contributed by atoms with E-state index in [1.165, 1.54) is 6.92 Å². The van der Waals surface area contributed by atoms with E-state index in [1.54, 1.807) is 0 Å². The van der Waals surface area contributed by atoms with E-state index in [4.69, 9.17) is 10.2 Å². The molecule has 0 radical (unpaired) electrons. The number of aliphatic carboxylic acids is 2. The van der Waals surface area contributed by atoms with Crippen molar-refractivity contribution < 1.29 is 28.2 Å². The van der Waals surface area contributed by atoms with Crippen LogP contribution in [-0.2, 0) is 19.4 Å². The molecule has 1 aliphatic carbocycles. The Morgan fingerprint density at radius 1 is 1.31 bits per heavy atom. The Morgan fingerprint density at radius 3 is 2.00 bits per heavy atom. The second kappa shape index (κ2) is 3.73. The highest BCUT2D eigenvalue weighted by molar-refractivity contribution is 7.92. The van der Waals surface area contributed by atoms with Crippen molar-refractivity contribution in [3.63, 3.8) is 0 Å². The average molecular weight is 250 g/mol. The minimum absolute atomic E-state index is 0.0781. The third-order valence-electron chi connectivity index (χ3n) is 3.36. The Hall–Kier alpha value is -1.11. The summed E-state index contributed by atoms with van der Waals surface area (Å²) in [7, 11) is -3.84. The van der Waals surface area contributed by atoms with Gasteiger partial charge in [-0.1, -0.05) is 6.92 Å². The Kier molecular flexibility index (Phi) is 3.02. The van der Waals surface area contributed by atoms with Gasteiger partial charge in [0.1, 0.15) is 0 Å². The molecule has 2 N–H and O–H groups in total. The fraction of sp³-hybridized carbons (Fsp3) is 0.778. The van der Waals surface area contributed by atoms with Crippen molar-refractivity contribution in [1.29, 1.82) is 0 Å². The molecule has 0 spiro atoms. The van der Waals surface area contributed by atoms with Gasteiger partial charge in [0.2, 0.25) is 0 Å². The first-order chi connectivity index (χ1) is 7.13. The second-order valence-electron chi connectivity index (χ2n) is 4.34. The van der Waals surface area contributed by atoms with Gasteiger partial charge in [0.15, 0.2) is 14.6 Å². The molecule has 1 fully saturated rings. The average Bonchev–Trinajstić information content (AvgIpc) is 2.42. The van der Waals surface area contributed by atoms with Crippen LogP contribution in [0.4, 0.5) is 0 Å². The summed E-state index contributed by atoms with van der Waals surface area (Å²) in [6, 6.07) is 0. The molecule has 1 saturated carbocycles. The predicted molar refractivity (Wildman–Crippen MR) is 54.7 cm³/mol. The molecule has 0 aromatic carbocycles. The molecule has 0 aromatic rings. The molecule has 16 heavy (non-hydrogen) atoms. The van der Waals surface area contributed by atoms with Crippen LogP contribution in [0.5, 0.6) is 0 Å². The zero-order valence-corrected chi connectivity index (χ0v) is 9.82. The fourth-order valence-corrected chi connectivity index (χ4v) is 4.08. The summed E-state index contributed by atoms with van der Waals surface area (Å²) in [5.41, 5.74) is 0. The minimum Gasteiger partial charge on any atom is -0.481 e. The zero-order valence-electron chi connectivity index (χ0n) is 9.00. The van der Waals surface area contributed by atoms with Crippen molar-refractivity contribution in [1.82, 2.24) is 0 Å². The minimum atomic E-state index is -3.84. The van der Waals surface area contributed by atoms with Crippen molar-refractivity contribution in [2.24, 2.45) is 11.8 Å². The Labute approximate surface area is 93.2 Å². The van der Waals surface area contributed by atoms with E-state index in [1.807, 2.05) is 0 Å². The molecule has 0 unspecified atom stereocenters. The molecular weight excluding hydrogens is 236 g/mol. The van der Waals surface area contributed by atoms with Gasteiger partial charge < -0.3 is 10.2 Å². The number of sulfone groups is 1. The van der Waals surface area contributed by atoms with Crippen LogP contribution in [0.25, 0.3) is 0 Å². The van der Waals surface area contributed by atoms with Gasteiger partial charge in [-0.05, 0) is 18.8 Å². The van der Waals surface area contributed by atoms with Crippen molar-refractivity contribution in [3.05, 3.63) is 0 Å². The maximum absolute atomic E-state index is 11.6. The number of hydrogen-bond acceptors (Lipinski definition) is 4. The molecule has 92 valence electrons. The first-order valence-electron chi connectivity index (χ1n) is 4.78. The number of hydrogen-bond donors (Lipinski definition) is 2. The molecule has 6 nitrogen and oxygen atoms in total. The molecule has 0 aromatic heterocycles. The summed E-state index contributed by atoms with van der Waals surface area (Å²) < 4.78 is 21.3. The summed E-state index contributed by atoms with van der Waals surface area (Å²) in [5.74, 6) is -4.19. The van der Waals surface area contributed by atoms with Crippen LogP contribution in [0.2, 0.25) is 0 Å². The lowest BCUT2D eigenvalue weighted by Gasteiger charge is -2.26. The van der Waals surface area contributed by atoms with Crippen molar-refractivity contribution in [2.75, 3.05) is 6.26 Å². The topological polar surface area (TPSA) is 109 Å². The molecule has 0 bridgehead atoms. The number of rotatable bonds is 3. The maximum Gasteiger partial charge on any atom is 0.325 e. The maximum atomic E-state index is 11.6. The lowest BCUT2D eigenvalue weighted by molar-refractivity contribution is -0.142. The van der Waals surface area contributed by atoms with E-state index < -0.39 is 38.4 Å². The van der Waals surface area contributed by atoms with Gasteiger partial charge in [-0.15, -0.1) is 0 Å². The molecule has 0 amide bonds. The molecule has 3 atom stereocenters. The van der Waals surface area contributed by atoms with E-state index in [9.17, 15) is 18.0 Å². The van der Waals surface area contributed by atoms with Crippen molar-refractivity contribution >= 4 is 21.8 Å². The van der Waals surface area contributed by atoms with Crippen LogP contribution in [0.15, 0.2) is 0 Å². The van der Waals surface area contributed by atoms with Crippen LogP contribution < -0.4 is 0 Å². The number of carboxylic acid groups (broad SMARTS) is 2. The Balaban J connectivity index is 3.26. The molecule has 1 rings (SSSR count). The third-order valence-corrected chi connectivity index (χ3v) is 5.42. The highest BCUT2D eigenvalue weighted by atomic mass is 32.2. The van der Waals surface area contributed by atoms with Gasteiger partial charge in [0.25, 0.3) is 0 Å². The van der Waals surface area contributed by atoms with Gasteiger partial charge in [0, 0.05) is 6.26 Å². The molecule has 0 heterocycles. The van der Waals surface area contributed by atoms with E-state index in [0.29, 0.717) is 0 Å². The molecule has 0 aliphatic heterocycles. The number of carboxylic acids is 2. The zero-order chi connectivity index (χ0) is 12.7. The highest BCUT2D eigenvalue weighted by Gasteiger charge is 2.59. The van der Waals surface area contributed by atoms with E-state index in [2.05, 4.69) is 0 Å². The predicted octanol–water partition coefficient (Wildman–Crippen LogP) is -0.0149. The van der Waals surface area contributed by atoms with Crippen LogP contribution in [-0.4, -0.2) is 41.6 Å². The standard InChI is InChI=1S/C9H14O6S/c1-5-3-6(7(10)11)4-9(5,8(12)13)16(2,14)15/h5-6H,3-4H2,1-2H3,(H,10,11)(H,12,13)/t5-,6-,9-/m1/s1. The van der Waals surface area contributed by atoms with E-state index >= 15 is 0 Å². The normalized spacial score (nSPS) is 34.9. The molecule has 7 heteroatoms.